The molecule has 0 amide bonds. The molecule has 2 N–H and O–H groups in total. The number of H-pyrrole nitrogens is 1. The predicted octanol–water partition coefficient (Wildman–Crippen LogP) is 2.85. The molecule has 2 aliphatic rings. The van der Waals surface area contributed by atoms with Gasteiger partial charge in [-0.1, -0.05) is 12.1 Å². The minimum Gasteiger partial charge on any atom is -0.504 e. The molecule has 0 unspecified atom stereocenters. The molecule has 1 aromatic heterocycles. The van der Waals surface area contributed by atoms with E-state index in [1.807, 2.05) is 12.1 Å². The maximum atomic E-state index is 12.2. The van der Waals surface area contributed by atoms with Crippen molar-refractivity contribution >= 4 is 5.95 Å². The molecule has 2 fully saturated rings. The lowest BCUT2D eigenvalue weighted by Crippen LogP contribution is -2.35. The second-order valence-electron chi connectivity index (χ2n) is 8.06. The summed E-state index contributed by atoms with van der Waals surface area (Å²) in [6.07, 6.45) is 5.48. The van der Waals surface area contributed by atoms with Gasteiger partial charge in [-0.3, -0.25) is 14.7 Å². The zero-order valence-electron chi connectivity index (χ0n) is 17.1. The Kier molecular flexibility index (Phi) is 6.04. The zero-order chi connectivity index (χ0) is 20.2. The summed E-state index contributed by atoms with van der Waals surface area (Å²) >= 11 is 0. The maximum Gasteiger partial charge on any atom is 0.252 e. The van der Waals surface area contributed by atoms with E-state index in [1.54, 1.807) is 19.2 Å². The van der Waals surface area contributed by atoms with E-state index in [9.17, 15) is 9.90 Å². The van der Waals surface area contributed by atoms with Crippen LogP contribution in [0.5, 0.6) is 11.5 Å². The van der Waals surface area contributed by atoms with E-state index in [-0.39, 0.29) is 11.3 Å². The van der Waals surface area contributed by atoms with Gasteiger partial charge >= 0.3 is 0 Å². The average molecular weight is 399 g/mol. The summed E-state index contributed by atoms with van der Waals surface area (Å²) in [6.45, 7) is 4.45. The number of likely N-dealkylation sites (tertiary alicyclic amines) is 1. The van der Waals surface area contributed by atoms with Crippen LogP contribution >= 0.6 is 0 Å². The smallest absolute Gasteiger partial charge is 0.252 e. The molecular weight excluding hydrogens is 368 g/mol. The fourth-order valence-corrected chi connectivity index (χ4v) is 4.42. The van der Waals surface area contributed by atoms with Gasteiger partial charge in [0.25, 0.3) is 5.56 Å². The molecule has 2 aliphatic heterocycles. The third kappa shape index (κ3) is 4.56. The van der Waals surface area contributed by atoms with E-state index in [0.29, 0.717) is 18.2 Å². The second-order valence-corrected chi connectivity index (χ2v) is 8.06. The number of aromatic hydroxyl groups is 1. The van der Waals surface area contributed by atoms with Crippen molar-refractivity contribution in [2.24, 2.45) is 0 Å². The van der Waals surface area contributed by atoms with E-state index in [0.717, 1.165) is 69.1 Å². The van der Waals surface area contributed by atoms with Crippen LogP contribution in [0.3, 0.4) is 0 Å². The minimum absolute atomic E-state index is 0.0562. The molecule has 2 saturated heterocycles. The Morgan fingerprint density at radius 1 is 1.17 bits per heavy atom. The molecule has 4 rings (SSSR count). The molecule has 1 aromatic carbocycles. The van der Waals surface area contributed by atoms with Gasteiger partial charge in [0.15, 0.2) is 11.5 Å². The summed E-state index contributed by atoms with van der Waals surface area (Å²) in [7, 11) is 1.57. The average Bonchev–Trinajstić information content (AvgIpc) is 2.76. The number of aromatic nitrogens is 2. The summed E-state index contributed by atoms with van der Waals surface area (Å²) in [6, 6.07) is 7.28. The van der Waals surface area contributed by atoms with Crippen LogP contribution in [0.25, 0.3) is 0 Å². The van der Waals surface area contributed by atoms with Gasteiger partial charge in [-0.05, 0) is 51.3 Å². The van der Waals surface area contributed by atoms with Crippen LogP contribution in [-0.4, -0.2) is 53.3 Å². The van der Waals surface area contributed by atoms with Crippen molar-refractivity contribution < 1.29 is 9.84 Å². The molecule has 7 nitrogen and oxygen atoms in total. The van der Waals surface area contributed by atoms with Gasteiger partial charge in [-0.2, -0.15) is 0 Å². The standard InChI is InChI=1S/C22H30N4O3/c1-29-19-7-5-6-17(21(19)28)15-25-12-8-16(9-13-25)18-14-20(27)24-22(23-18)26-10-3-2-4-11-26/h5-7,14,16,28H,2-4,8-13,15H2,1H3,(H,23,24,27). The normalized spacial score (nSPS) is 18.7. The Morgan fingerprint density at radius 3 is 2.66 bits per heavy atom. The molecule has 2 aromatic rings. The number of piperidine rings is 2. The molecule has 0 spiro atoms. The van der Waals surface area contributed by atoms with E-state index >= 15 is 0 Å². The van der Waals surface area contributed by atoms with Gasteiger partial charge in [0.1, 0.15) is 0 Å². The number of methoxy groups -OCH3 is 1. The summed E-state index contributed by atoms with van der Waals surface area (Å²) in [4.78, 5) is 24.5. The number of rotatable bonds is 5. The van der Waals surface area contributed by atoms with Crippen LogP contribution in [0.1, 0.15) is 49.3 Å². The highest BCUT2D eigenvalue weighted by Crippen LogP contribution is 2.32. The number of hydrogen-bond donors (Lipinski definition) is 2. The van der Waals surface area contributed by atoms with Gasteiger partial charge in [0, 0.05) is 37.2 Å². The molecule has 3 heterocycles. The van der Waals surface area contributed by atoms with Gasteiger partial charge in [-0.25, -0.2) is 4.98 Å². The second kappa shape index (κ2) is 8.86. The molecule has 0 saturated carbocycles. The Bertz CT molecular complexity index is 884. The molecule has 0 atom stereocenters. The molecule has 0 radical (unpaired) electrons. The topological polar surface area (TPSA) is 81.7 Å². The fraction of sp³-hybridized carbons (Fsp3) is 0.545. The van der Waals surface area contributed by atoms with E-state index in [1.165, 1.54) is 6.42 Å². The largest absolute Gasteiger partial charge is 0.504 e. The molecule has 0 bridgehead atoms. The van der Waals surface area contributed by atoms with Crippen LogP contribution in [0.2, 0.25) is 0 Å². The zero-order valence-corrected chi connectivity index (χ0v) is 17.1. The SMILES string of the molecule is COc1cccc(CN2CCC(c3cc(=O)[nH]c(N4CCCCC4)n3)CC2)c1O. The third-order valence-corrected chi connectivity index (χ3v) is 6.11. The monoisotopic (exact) mass is 398 g/mol. The number of ether oxygens (including phenoxy) is 1. The highest BCUT2D eigenvalue weighted by atomic mass is 16.5. The summed E-state index contributed by atoms with van der Waals surface area (Å²) in [5, 5.41) is 10.3. The number of anilines is 1. The van der Waals surface area contributed by atoms with E-state index in [2.05, 4.69) is 14.8 Å². The predicted molar refractivity (Wildman–Crippen MR) is 113 cm³/mol. The number of para-hydroxylation sites is 1. The molecule has 29 heavy (non-hydrogen) atoms. The van der Waals surface area contributed by atoms with E-state index in [4.69, 9.17) is 9.72 Å². The van der Waals surface area contributed by atoms with Crippen molar-refractivity contribution in [1.82, 2.24) is 14.9 Å². The summed E-state index contributed by atoms with van der Waals surface area (Å²) in [5.41, 5.74) is 1.74. The minimum atomic E-state index is -0.0562. The van der Waals surface area contributed by atoms with Crippen LogP contribution in [0.15, 0.2) is 29.1 Å². The van der Waals surface area contributed by atoms with Crippen molar-refractivity contribution in [2.45, 2.75) is 44.6 Å². The first-order valence-electron chi connectivity index (χ1n) is 10.6. The number of nitrogens with zero attached hydrogens (tertiary/aromatic N) is 3. The van der Waals surface area contributed by atoms with Crippen LogP contribution in [0, 0.1) is 0 Å². The van der Waals surface area contributed by atoms with Crippen molar-refractivity contribution in [3.63, 3.8) is 0 Å². The van der Waals surface area contributed by atoms with Crippen molar-refractivity contribution in [3.05, 3.63) is 45.9 Å². The molecular formula is C22H30N4O3. The Hall–Kier alpha value is -2.54. The van der Waals surface area contributed by atoms with Crippen LogP contribution in [-0.2, 0) is 6.54 Å². The van der Waals surface area contributed by atoms with Gasteiger partial charge < -0.3 is 14.7 Å². The van der Waals surface area contributed by atoms with Gasteiger partial charge in [0.2, 0.25) is 5.95 Å². The van der Waals surface area contributed by atoms with Crippen molar-refractivity contribution in [3.8, 4) is 11.5 Å². The molecule has 7 heteroatoms. The first-order valence-corrected chi connectivity index (χ1v) is 10.6. The number of nitrogens with one attached hydrogen (secondary N) is 1. The van der Waals surface area contributed by atoms with Crippen LogP contribution in [0.4, 0.5) is 5.95 Å². The van der Waals surface area contributed by atoms with Gasteiger partial charge in [-0.15, -0.1) is 0 Å². The van der Waals surface area contributed by atoms with Crippen LogP contribution < -0.4 is 15.2 Å². The number of aromatic amines is 1. The molecule has 156 valence electrons. The summed E-state index contributed by atoms with van der Waals surface area (Å²) in [5.74, 6) is 1.77. The highest BCUT2D eigenvalue weighted by molar-refractivity contribution is 5.45. The highest BCUT2D eigenvalue weighted by Gasteiger charge is 2.24. The number of hydrogen-bond acceptors (Lipinski definition) is 6. The van der Waals surface area contributed by atoms with Gasteiger partial charge in [0.05, 0.1) is 12.8 Å². The van der Waals surface area contributed by atoms with E-state index < -0.39 is 0 Å². The number of benzene rings is 1. The fourth-order valence-electron chi connectivity index (χ4n) is 4.42. The lowest BCUT2D eigenvalue weighted by Gasteiger charge is -2.32. The molecule has 0 aliphatic carbocycles. The Labute approximate surface area is 171 Å². The maximum absolute atomic E-state index is 12.2. The summed E-state index contributed by atoms with van der Waals surface area (Å²) < 4.78 is 5.21. The first-order chi connectivity index (χ1) is 14.1. The number of phenolic OH excluding ortho intramolecular Hbond substituents is 1. The number of phenols is 1. The lowest BCUT2D eigenvalue weighted by molar-refractivity contribution is 0.200. The van der Waals surface area contributed by atoms with Crippen molar-refractivity contribution in [1.29, 1.82) is 0 Å². The Morgan fingerprint density at radius 2 is 1.93 bits per heavy atom. The first kappa shape index (κ1) is 19.8. The quantitative estimate of drug-likeness (QED) is 0.806. The Balaban J connectivity index is 1.41. The third-order valence-electron chi connectivity index (χ3n) is 6.11. The van der Waals surface area contributed by atoms with Crippen molar-refractivity contribution in [2.75, 3.05) is 38.2 Å². The lowest BCUT2D eigenvalue weighted by atomic mass is 9.93.